The number of phenols is 1. The van der Waals surface area contributed by atoms with Crippen LogP contribution >= 0.6 is 11.8 Å². The first kappa shape index (κ1) is 37.2. The van der Waals surface area contributed by atoms with Crippen LogP contribution in [-0.2, 0) is 27.9 Å². The Balaban J connectivity index is 1.25. The number of aromatic amines is 1. The molecule has 2 N–H and O–H groups in total. The molecule has 300 valence electrons. The Hall–Kier alpha value is -5.13. The first-order valence-corrected chi connectivity index (χ1v) is 21.0. The minimum atomic E-state index is -1.21. The number of para-hydroxylation sites is 1. The average Bonchev–Trinajstić information content (AvgIpc) is 3.87. The number of hydrogen-bond donors (Lipinski definition) is 2. The molecule has 11 rings (SSSR count). The van der Waals surface area contributed by atoms with Crippen molar-refractivity contribution in [2.75, 3.05) is 53.0 Å². The molecular weight excluding hydrogens is 755 g/mol. The second-order valence-electron chi connectivity index (χ2n) is 16.2. The van der Waals surface area contributed by atoms with Gasteiger partial charge in [-0.1, -0.05) is 43.0 Å². The number of aromatic nitrogens is 1. The van der Waals surface area contributed by atoms with Crippen LogP contribution in [0.3, 0.4) is 0 Å². The number of likely N-dealkylation sites (N-methyl/N-ethyl adjacent to an activating group) is 1. The standard InChI is InChI=1S/C45H47N5O7S/c1-7-14-49-15-13-27-26-11-9-10-12-28(26)47-43(27)45(49)21-58-42-34-33(41-39(56-22-57-41)24(4)37(34)51)31(20-55-44(45)52)50-30(19-46)29-18-25-17-23(3)38(53-6)40(54-16-8-2)32(25)35(36(42)50)48(29)5/h7-12,17,29-31,35-36,42,47,51H,1-2,13-16,18,20-22H2,3-6H3/t29-,30-,31-,35-,36?,42+,45+/m0/s1. The molecular formula is C45H47N5O7S. The molecule has 12 nitrogen and oxygen atoms in total. The highest BCUT2D eigenvalue weighted by Crippen LogP contribution is 2.64. The Morgan fingerprint density at radius 3 is 2.71 bits per heavy atom. The maximum atomic E-state index is 15.3. The molecule has 2 saturated heterocycles. The van der Waals surface area contributed by atoms with Crippen molar-refractivity contribution in [3.05, 3.63) is 100 Å². The topological polar surface area (TPSA) is 133 Å². The quantitative estimate of drug-likeness (QED) is 0.168. The Morgan fingerprint density at radius 1 is 1.12 bits per heavy atom. The summed E-state index contributed by atoms with van der Waals surface area (Å²) in [6, 6.07) is 10.9. The lowest BCUT2D eigenvalue weighted by molar-refractivity contribution is -0.164. The molecule has 7 aliphatic rings. The van der Waals surface area contributed by atoms with Crippen LogP contribution in [0.2, 0.25) is 0 Å². The number of carbonyl (C=O) groups is 1. The molecule has 7 atom stereocenters. The van der Waals surface area contributed by atoms with E-state index in [1.165, 1.54) is 0 Å². The smallest absolute Gasteiger partial charge is 0.333 e. The fourth-order valence-electron chi connectivity index (χ4n) is 11.2. The molecule has 13 heteroatoms. The lowest BCUT2D eigenvalue weighted by Gasteiger charge is -2.62. The fourth-order valence-corrected chi connectivity index (χ4v) is 12.9. The van der Waals surface area contributed by atoms with Crippen molar-refractivity contribution in [1.82, 2.24) is 19.7 Å². The summed E-state index contributed by atoms with van der Waals surface area (Å²) in [5.41, 5.74) is 6.75. The van der Waals surface area contributed by atoms with Gasteiger partial charge in [0, 0.05) is 64.1 Å². The predicted molar refractivity (Wildman–Crippen MR) is 220 cm³/mol. The second kappa shape index (κ2) is 13.7. The van der Waals surface area contributed by atoms with Gasteiger partial charge < -0.3 is 33.8 Å². The van der Waals surface area contributed by atoms with Crippen LogP contribution in [0.25, 0.3) is 10.9 Å². The van der Waals surface area contributed by atoms with Gasteiger partial charge in [0.05, 0.1) is 36.2 Å². The van der Waals surface area contributed by atoms with E-state index in [9.17, 15) is 10.4 Å². The van der Waals surface area contributed by atoms with Gasteiger partial charge in [0.1, 0.15) is 25.0 Å². The number of piperazine rings is 1. The van der Waals surface area contributed by atoms with Crippen LogP contribution in [0, 0.1) is 25.2 Å². The van der Waals surface area contributed by atoms with Crippen LogP contribution in [0.1, 0.15) is 62.0 Å². The number of esters is 1. The highest BCUT2D eigenvalue weighted by molar-refractivity contribution is 7.99. The maximum Gasteiger partial charge on any atom is 0.333 e. The van der Waals surface area contributed by atoms with E-state index in [2.05, 4.69) is 64.2 Å². The van der Waals surface area contributed by atoms with Crippen LogP contribution in [0.4, 0.5) is 0 Å². The monoisotopic (exact) mass is 801 g/mol. The summed E-state index contributed by atoms with van der Waals surface area (Å²) < 4.78 is 31.6. The van der Waals surface area contributed by atoms with Crippen LogP contribution in [0.5, 0.6) is 28.7 Å². The fraction of sp³-hybridized carbons (Fsp3) is 0.422. The molecule has 58 heavy (non-hydrogen) atoms. The summed E-state index contributed by atoms with van der Waals surface area (Å²) in [5, 5.41) is 24.4. The zero-order chi connectivity index (χ0) is 40.2. The number of nitrogens with zero attached hydrogens (tertiary/aromatic N) is 4. The number of ether oxygens (including phenoxy) is 5. The molecule has 2 fully saturated rings. The van der Waals surface area contributed by atoms with E-state index in [1.54, 1.807) is 24.9 Å². The van der Waals surface area contributed by atoms with Crippen LogP contribution < -0.4 is 18.9 Å². The lowest BCUT2D eigenvalue weighted by Crippen LogP contribution is -2.69. The maximum absolute atomic E-state index is 15.3. The number of nitrogens with one attached hydrogen (secondary N) is 1. The Labute approximate surface area is 341 Å². The summed E-state index contributed by atoms with van der Waals surface area (Å²) in [4.78, 5) is 25.8. The average molecular weight is 802 g/mol. The SMILES string of the molecule is C=CCOc1c(OC)c(C)cc2c1[C@H]1C3[C@@H]4SC[C@]5(C(=O)OC[C@@H](c6c7c(c(C)c(O)c64)OCO7)N3[C@@H](C#N)[C@H](C2)N1C)c1[nH]c2ccccc2c1CCN5CC=C. The van der Waals surface area contributed by atoms with Gasteiger partial charge in [-0.3, -0.25) is 14.7 Å². The number of hydrogen-bond acceptors (Lipinski definition) is 12. The highest BCUT2D eigenvalue weighted by Gasteiger charge is 2.62. The number of aromatic hydroxyl groups is 1. The van der Waals surface area contributed by atoms with Crippen molar-refractivity contribution in [1.29, 1.82) is 5.26 Å². The normalized spacial score (nSPS) is 28.5. The molecule has 0 saturated carbocycles. The van der Waals surface area contributed by atoms with Gasteiger partial charge in [0.25, 0.3) is 0 Å². The lowest BCUT2D eigenvalue weighted by atomic mass is 9.71. The van der Waals surface area contributed by atoms with Crippen LogP contribution in [-0.4, -0.2) is 102 Å². The highest BCUT2D eigenvalue weighted by atomic mass is 32.2. The van der Waals surface area contributed by atoms with Crippen molar-refractivity contribution in [3.8, 4) is 34.8 Å². The molecule has 7 aliphatic heterocycles. The minimum absolute atomic E-state index is 0.00517. The molecule has 1 spiro atoms. The molecule has 4 bridgehead atoms. The summed E-state index contributed by atoms with van der Waals surface area (Å²) in [7, 11) is 3.76. The van der Waals surface area contributed by atoms with Crippen molar-refractivity contribution in [3.63, 3.8) is 0 Å². The number of methoxy groups -OCH3 is 1. The first-order chi connectivity index (χ1) is 28.2. The van der Waals surface area contributed by atoms with E-state index in [0.717, 1.165) is 50.8 Å². The number of benzene rings is 3. The zero-order valence-corrected chi connectivity index (χ0v) is 34.0. The second-order valence-corrected chi connectivity index (χ2v) is 17.3. The first-order valence-electron chi connectivity index (χ1n) is 19.9. The zero-order valence-electron chi connectivity index (χ0n) is 33.2. The molecule has 0 radical (unpaired) electrons. The van der Waals surface area contributed by atoms with Gasteiger partial charge >= 0.3 is 5.97 Å². The van der Waals surface area contributed by atoms with Gasteiger partial charge in [-0.05, 0) is 56.5 Å². The van der Waals surface area contributed by atoms with Crippen molar-refractivity contribution < 1.29 is 33.6 Å². The molecule has 8 heterocycles. The molecule has 0 aliphatic carbocycles. The summed E-state index contributed by atoms with van der Waals surface area (Å²) in [6.45, 7) is 13.2. The Bertz CT molecular complexity index is 2460. The number of phenolic OH excluding ortho intramolecular Hbond substituents is 1. The Kier molecular flexibility index (Phi) is 8.80. The third-order valence-corrected chi connectivity index (χ3v) is 15.0. The molecule has 1 aromatic heterocycles. The molecule has 4 aromatic rings. The van der Waals surface area contributed by atoms with Gasteiger partial charge in [0.2, 0.25) is 6.79 Å². The van der Waals surface area contributed by atoms with E-state index in [0.29, 0.717) is 53.6 Å². The minimum Gasteiger partial charge on any atom is -0.507 e. The number of aryl methyl sites for hydroxylation is 1. The number of fused-ring (bicyclic) bond motifs is 11. The van der Waals surface area contributed by atoms with Gasteiger partial charge in [0.15, 0.2) is 28.5 Å². The number of H-pyrrole nitrogens is 1. The van der Waals surface area contributed by atoms with E-state index in [4.69, 9.17) is 23.7 Å². The molecule has 3 aromatic carbocycles. The van der Waals surface area contributed by atoms with Crippen molar-refractivity contribution in [2.24, 2.45) is 0 Å². The van der Waals surface area contributed by atoms with E-state index >= 15 is 4.79 Å². The van der Waals surface area contributed by atoms with Crippen molar-refractivity contribution >= 4 is 28.6 Å². The summed E-state index contributed by atoms with van der Waals surface area (Å²) in [6.07, 6.45) is 4.92. The number of rotatable bonds is 6. The van der Waals surface area contributed by atoms with Gasteiger partial charge in [-0.15, -0.1) is 18.3 Å². The number of nitriles is 1. The number of thioether (sulfide) groups is 1. The van der Waals surface area contributed by atoms with E-state index < -0.39 is 28.9 Å². The van der Waals surface area contributed by atoms with E-state index in [1.807, 2.05) is 32.1 Å². The largest absolute Gasteiger partial charge is 0.507 e. The van der Waals surface area contributed by atoms with E-state index in [-0.39, 0.29) is 49.6 Å². The third-order valence-electron chi connectivity index (χ3n) is 13.6. The molecule has 1 unspecified atom stereocenters. The summed E-state index contributed by atoms with van der Waals surface area (Å²) >= 11 is 1.62. The van der Waals surface area contributed by atoms with Gasteiger partial charge in [-0.25, -0.2) is 4.79 Å². The Morgan fingerprint density at radius 2 is 1.93 bits per heavy atom. The molecule has 0 amide bonds. The number of carbonyl (C=O) groups excluding carboxylic acids is 1. The third kappa shape index (κ3) is 4.89. The van der Waals surface area contributed by atoms with Crippen molar-refractivity contribution in [2.45, 2.75) is 67.7 Å². The summed E-state index contributed by atoms with van der Waals surface area (Å²) in [5.74, 6) is 2.36. The predicted octanol–water partition coefficient (Wildman–Crippen LogP) is 6.29. The van der Waals surface area contributed by atoms with Crippen LogP contribution in [0.15, 0.2) is 55.6 Å². The van der Waals surface area contributed by atoms with Gasteiger partial charge in [-0.2, -0.15) is 5.26 Å².